The number of thiazole rings is 1. The average Bonchev–Trinajstić information content (AvgIpc) is 3.03. The molecular formula is C14H20N4O2S. The summed E-state index contributed by atoms with van der Waals surface area (Å²) in [6.45, 7) is 5.52. The molecule has 0 radical (unpaired) electrons. The van der Waals surface area contributed by atoms with Gasteiger partial charge in [-0.15, -0.1) is 11.3 Å². The first kappa shape index (κ1) is 15.7. The zero-order chi connectivity index (χ0) is 15.4. The second-order valence-electron chi connectivity index (χ2n) is 4.74. The van der Waals surface area contributed by atoms with Crippen LogP contribution in [-0.4, -0.2) is 25.8 Å². The minimum Gasteiger partial charge on any atom is -0.476 e. The first-order chi connectivity index (χ1) is 10.1. The summed E-state index contributed by atoms with van der Waals surface area (Å²) in [5.74, 6) is -0.980. The van der Waals surface area contributed by atoms with Crippen molar-refractivity contribution in [2.45, 2.75) is 39.8 Å². The molecule has 2 N–H and O–H groups in total. The Morgan fingerprint density at radius 2 is 2.14 bits per heavy atom. The van der Waals surface area contributed by atoms with Crippen LogP contribution in [0.25, 0.3) is 0 Å². The molecule has 0 aromatic carbocycles. The van der Waals surface area contributed by atoms with Gasteiger partial charge in [0.15, 0.2) is 5.69 Å². The smallest absolute Gasteiger partial charge is 0.355 e. The van der Waals surface area contributed by atoms with Crippen LogP contribution in [0.15, 0.2) is 5.38 Å². The molecule has 6 nitrogen and oxygen atoms in total. The standard InChI is InChI=1S/C14H20N4O2S/c1-4-10-9(12(5-2)18(3)17-10)6-15-7-13-16-11(8-21-13)14(19)20/h8,15H,4-7H2,1-3H3,(H,19,20). The van der Waals surface area contributed by atoms with E-state index < -0.39 is 5.97 Å². The van der Waals surface area contributed by atoms with Gasteiger partial charge in [-0.05, 0) is 12.8 Å². The van der Waals surface area contributed by atoms with Gasteiger partial charge in [-0.3, -0.25) is 4.68 Å². The largest absolute Gasteiger partial charge is 0.476 e. The number of carbonyl (C=O) groups is 1. The quantitative estimate of drug-likeness (QED) is 0.817. The lowest BCUT2D eigenvalue weighted by Crippen LogP contribution is -2.15. The van der Waals surface area contributed by atoms with E-state index in [4.69, 9.17) is 5.11 Å². The molecule has 0 bridgehead atoms. The van der Waals surface area contributed by atoms with Crippen molar-refractivity contribution in [3.63, 3.8) is 0 Å². The monoisotopic (exact) mass is 308 g/mol. The maximum Gasteiger partial charge on any atom is 0.355 e. The Bertz CT molecular complexity index is 633. The SMILES string of the molecule is CCc1nn(C)c(CC)c1CNCc1nc(C(=O)O)cs1. The molecule has 0 aliphatic rings. The van der Waals surface area contributed by atoms with E-state index in [2.05, 4.69) is 29.2 Å². The second kappa shape index (κ2) is 6.82. The van der Waals surface area contributed by atoms with Crippen LogP contribution in [-0.2, 0) is 33.0 Å². The van der Waals surface area contributed by atoms with Crippen molar-refractivity contribution in [2.24, 2.45) is 7.05 Å². The highest BCUT2D eigenvalue weighted by Gasteiger charge is 2.13. The van der Waals surface area contributed by atoms with Gasteiger partial charge in [0.05, 0.1) is 5.69 Å². The van der Waals surface area contributed by atoms with E-state index in [1.54, 1.807) is 5.38 Å². The molecular weight excluding hydrogens is 288 g/mol. The maximum atomic E-state index is 10.8. The van der Waals surface area contributed by atoms with Crippen LogP contribution in [0, 0.1) is 0 Å². The lowest BCUT2D eigenvalue weighted by molar-refractivity contribution is 0.0691. The minimum absolute atomic E-state index is 0.113. The van der Waals surface area contributed by atoms with E-state index in [0.29, 0.717) is 6.54 Å². The molecule has 0 spiro atoms. The first-order valence-corrected chi connectivity index (χ1v) is 7.86. The third kappa shape index (κ3) is 3.48. The maximum absolute atomic E-state index is 10.8. The molecule has 2 heterocycles. The third-order valence-electron chi connectivity index (χ3n) is 3.38. The van der Waals surface area contributed by atoms with Crippen LogP contribution in [0.2, 0.25) is 0 Å². The van der Waals surface area contributed by atoms with E-state index in [9.17, 15) is 4.79 Å². The van der Waals surface area contributed by atoms with Gasteiger partial charge in [0.2, 0.25) is 0 Å². The van der Waals surface area contributed by atoms with Crippen molar-refractivity contribution in [2.75, 3.05) is 0 Å². The number of hydrogen-bond donors (Lipinski definition) is 2. The van der Waals surface area contributed by atoms with E-state index in [-0.39, 0.29) is 5.69 Å². The Morgan fingerprint density at radius 1 is 1.38 bits per heavy atom. The van der Waals surface area contributed by atoms with Gasteiger partial charge < -0.3 is 10.4 Å². The van der Waals surface area contributed by atoms with Gasteiger partial charge in [-0.25, -0.2) is 9.78 Å². The second-order valence-corrected chi connectivity index (χ2v) is 5.68. The topological polar surface area (TPSA) is 80.0 Å². The van der Waals surface area contributed by atoms with E-state index in [1.807, 2.05) is 11.7 Å². The molecule has 2 rings (SSSR count). The van der Waals surface area contributed by atoms with E-state index in [1.165, 1.54) is 22.6 Å². The van der Waals surface area contributed by atoms with Crippen molar-refractivity contribution >= 4 is 17.3 Å². The van der Waals surface area contributed by atoms with Crippen LogP contribution in [0.5, 0.6) is 0 Å². The minimum atomic E-state index is -0.980. The number of hydrogen-bond acceptors (Lipinski definition) is 5. The molecule has 114 valence electrons. The van der Waals surface area contributed by atoms with Crippen molar-refractivity contribution in [3.05, 3.63) is 33.0 Å². The van der Waals surface area contributed by atoms with Crippen LogP contribution in [0.4, 0.5) is 0 Å². The van der Waals surface area contributed by atoms with Crippen molar-refractivity contribution < 1.29 is 9.90 Å². The molecule has 2 aromatic heterocycles. The Morgan fingerprint density at radius 3 is 2.71 bits per heavy atom. The lowest BCUT2D eigenvalue weighted by atomic mass is 10.1. The third-order valence-corrected chi connectivity index (χ3v) is 4.23. The number of aryl methyl sites for hydroxylation is 2. The normalized spacial score (nSPS) is 11.0. The van der Waals surface area contributed by atoms with Gasteiger partial charge in [0, 0.05) is 36.8 Å². The van der Waals surface area contributed by atoms with Crippen LogP contribution >= 0.6 is 11.3 Å². The highest BCUT2D eigenvalue weighted by molar-refractivity contribution is 7.09. The number of aromatic nitrogens is 3. The molecule has 0 unspecified atom stereocenters. The highest BCUT2D eigenvalue weighted by atomic mass is 32.1. The Labute approximate surface area is 127 Å². The van der Waals surface area contributed by atoms with Crippen molar-refractivity contribution in [1.82, 2.24) is 20.1 Å². The fourth-order valence-corrected chi connectivity index (χ4v) is 3.12. The highest BCUT2D eigenvalue weighted by Crippen LogP contribution is 2.16. The molecule has 0 atom stereocenters. The fourth-order valence-electron chi connectivity index (χ4n) is 2.38. The number of nitrogens with zero attached hydrogens (tertiary/aromatic N) is 3. The Hall–Kier alpha value is -1.73. The molecule has 0 aliphatic carbocycles. The van der Waals surface area contributed by atoms with Gasteiger partial charge in [0.25, 0.3) is 0 Å². The summed E-state index contributed by atoms with van der Waals surface area (Å²) in [4.78, 5) is 14.9. The summed E-state index contributed by atoms with van der Waals surface area (Å²) in [5.41, 5.74) is 3.72. The van der Waals surface area contributed by atoms with Gasteiger partial charge in [-0.2, -0.15) is 5.10 Å². The predicted octanol–water partition coefficient (Wildman–Crippen LogP) is 1.99. The molecule has 0 fully saturated rings. The number of nitrogens with one attached hydrogen (secondary N) is 1. The molecule has 0 aliphatic heterocycles. The molecule has 0 saturated carbocycles. The molecule has 21 heavy (non-hydrogen) atoms. The lowest BCUT2D eigenvalue weighted by Gasteiger charge is -2.06. The Kier molecular flexibility index (Phi) is 5.08. The molecule has 7 heteroatoms. The van der Waals surface area contributed by atoms with Gasteiger partial charge in [-0.1, -0.05) is 13.8 Å². The summed E-state index contributed by atoms with van der Waals surface area (Å²) in [5, 5.41) is 19.1. The number of rotatable bonds is 7. The number of aromatic carboxylic acids is 1. The predicted molar refractivity (Wildman–Crippen MR) is 81.6 cm³/mol. The van der Waals surface area contributed by atoms with Crippen LogP contribution in [0.3, 0.4) is 0 Å². The van der Waals surface area contributed by atoms with Gasteiger partial charge >= 0.3 is 5.97 Å². The van der Waals surface area contributed by atoms with Crippen LogP contribution < -0.4 is 5.32 Å². The summed E-state index contributed by atoms with van der Waals surface area (Å²) in [7, 11) is 1.97. The summed E-state index contributed by atoms with van der Waals surface area (Å²) in [6, 6.07) is 0. The number of carboxylic acids is 1. The zero-order valence-corrected chi connectivity index (χ0v) is 13.3. The van der Waals surface area contributed by atoms with Gasteiger partial charge in [0.1, 0.15) is 5.01 Å². The first-order valence-electron chi connectivity index (χ1n) is 6.98. The Balaban J connectivity index is 2.01. The van der Waals surface area contributed by atoms with Crippen molar-refractivity contribution in [1.29, 1.82) is 0 Å². The molecule has 0 saturated heterocycles. The zero-order valence-electron chi connectivity index (χ0n) is 12.5. The molecule has 0 amide bonds. The van der Waals surface area contributed by atoms with E-state index >= 15 is 0 Å². The summed E-state index contributed by atoms with van der Waals surface area (Å²) >= 11 is 1.36. The average molecular weight is 308 g/mol. The van der Waals surface area contributed by atoms with E-state index in [0.717, 1.165) is 30.1 Å². The molecule has 2 aromatic rings. The number of carboxylic acid groups (broad SMARTS) is 1. The van der Waals surface area contributed by atoms with Crippen molar-refractivity contribution in [3.8, 4) is 0 Å². The fraction of sp³-hybridized carbons (Fsp3) is 0.500. The van der Waals surface area contributed by atoms with Crippen LogP contribution in [0.1, 0.15) is 46.3 Å². The summed E-state index contributed by atoms with van der Waals surface area (Å²) < 4.78 is 1.95. The summed E-state index contributed by atoms with van der Waals surface area (Å²) in [6.07, 6.45) is 1.85.